The lowest BCUT2D eigenvalue weighted by Gasteiger charge is -2.33. The van der Waals surface area contributed by atoms with Gasteiger partial charge in [0.1, 0.15) is 0 Å². The summed E-state index contributed by atoms with van der Waals surface area (Å²) in [6, 6.07) is 3.70. The van der Waals surface area contributed by atoms with Gasteiger partial charge < -0.3 is 19.1 Å². The van der Waals surface area contributed by atoms with Crippen molar-refractivity contribution < 1.29 is 19.0 Å². The first-order valence-electron chi connectivity index (χ1n) is 6.17. The zero-order valence-electron chi connectivity index (χ0n) is 11.2. The van der Waals surface area contributed by atoms with Crippen LogP contribution in [0.3, 0.4) is 0 Å². The second kappa shape index (κ2) is 6.38. The molecule has 0 N–H and O–H groups in total. The Kier molecular flexibility index (Phi) is 4.57. The molecule has 0 aliphatic carbocycles. The minimum atomic E-state index is -0.264. The van der Waals surface area contributed by atoms with Gasteiger partial charge in [-0.05, 0) is 12.1 Å². The molecule has 6 nitrogen and oxygen atoms in total. The van der Waals surface area contributed by atoms with Gasteiger partial charge >= 0.3 is 5.97 Å². The zero-order chi connectivity index (χ0) is 13.7. The third-order valence-corrected chi connectivity index (χ3v) is 3.03. The molecule has 19 heavy (non-hydrogen) atoms. The maximum atomic E-state index is 11.3. The Morgan fingerprint density at radius 1 is 1.58 bits per heavy atom. The molecule has 1 atom stereocenters. The van der Waals surface area contributed by atoms with E-state index >= 15 is 0 Å². The van der Waals surface area contributed by atoms with Gasteiger partial charge in [0, 0.05) is 19.3 Å². The first-order chi connectivity index (χ1) is 9.24. The van der Waals surface area contributed by atoms with Crippen molar-refractivity contribution >= 4 is 11.8 Å². The Hall–Kier alpha value is -1.82. The fourth-order valence-electron chi connectivity index (χ4n) is 2.08. The number of morpholine rings is 1. The predicted molar refractivity (Wildman–Crippen MR) is 69.4 cm³/mol. The van der Waals surface area contributed by atoms with Crippen LogP contribution >= 0.6 is 0 Å². The highest BCUT2D eigenvalue weighted by atomic mass is 16.5. The number of methoxy groups -OCH3 is 2. The lowest BCUT2D eigenvalue weighted by Crippen LogP contribution is -2.44. The summed E-state index contributed by atoms with van der Waals surface area (Å²) >= 11 is 0. The summed E-state index contributed by atoms with van der Waals surface area (Å²) in [5.74, 6) is 1.24. The van der Waals surface area contributed by atoms with E-state index in [1.54, 1.807) is 13.3 Å². The summed E-state index contributed by atoms with van der Waals surface area (Å²) in [5, 5.41) is 0. The van der Waals surface area contributed by atoms with Crippen LogP contribution in [0.5, 0.6) is 5.75 Å². The zero-order valence-corrected chi connectivity index (χ0v) is 11.2. The van der Waals surface area contributed by atoms with E-state index in [2.05, 4.69) is 14.6 Å². The molecule has 1 fully saturated rings. The molecule has 1 aliphatic heterocycles. The lowest BCUT2D eigenvalue weighted by atomic mass is 10.2. The van der Waals surface area contributed by atoms with Crippen molar-refractivity contribution in [1.29, 1.82) is 0 Å². The third-order valence-electron chi connectivity index (χ3n) is 3.03. The number of anilines is 1. The van der Waals surface area contributed by atoms with Gasteiger partial charge in [-0.2, -0.15) is 0 Å². The maximum Gasteiger partial charge on any atom is 0.308 e. The summed E-state index contributed by atoms with van der Waals surface area (Å²) in [5.41, 5.74) is 0. The number of rotatable bonds is 4. The lowest BCUT2D eigenvalue weighted by molar-refractivity contribution is -0.144. The highest BCUT2D eigenvalue weighted by Crippen LogP contribution is 2.26. The second-order valence-electron chi connectivity index (χ2n) is 4.25. The van der Waals surface area contributed by atoms with Crippen LogP contribution < -0.4 is 9.64 Å². The SMILES string of the molecule is COC(=O)CC1CN(c2ncccc2OC)CCO1. The molecule has 0 saturated carbocycles. The molecule has 0 spiro atoms. The molecule has 1 aromatic heterocycles. The first kappa shape index (κ1) is 13.6. The number of hydrogen-bond acceptors (Lipinski definition) is 6. The number of carbonyl (C=O) groups excluding carboxylic acids is 1. The van der Waals surface area contributed by atoms with E-state index in [0.29, 0.717) is 13.2 Å². The predicted octanol–water partition coefficient (Wildman–Crippen LogP) is 0.858. The van der Waals surface area contributed by atoms with Gasteiger partial charge in [0.05, 0.1) is 33.4 Å². The number of aromatic nitrogens is 1. The van der Waals surface area contributed by atoms with E-state index in [9.17, 15) is 4.79 Å². The average Bonchev–Trinajstić information content (AvgIpc) is 2.47. The third kappa shape index (κ3) is 3.35. The number of hydrogen-bond donors (Lipinski definition) is 0. The maximum absolute atomic E-state index is 11.3. The smallest absolute Gasteiger partial charge is 0.308 e. The van der Waals surface area contributed by atoms with Crippen molar-refractivity contribution in [3.63, 3.8) is 0 Å². The largest absolute Gasteiger partial charge is 0.493 e. The minimum absolute atomic E-state index is 0.173. The van der Waals surface area contributed by atoms with Gasteiger partial charge in [-0.15, -0.1) is 0 Å². The van der Waals surface area contributed by atoms with Crippen LogP contribution in [0.15, 0.2) is 18.3 Å². The number of esters is 1. The Morgan fingerprint density at radius 3 is 3.16 bits per heavy atom. The van der Waals surface area contributed by atoms with Crippen LogP contribution in [-0.2, 0) is 14.3 Å². The van der Waals surface area contributed by atoms with Crippen LogP contribution in [0.2, 0.25) is 0 Å². The van der Waals surface area contributed by atoms with Gasteiger partial charge in [-0.25, -0.2) is 4.98 Å². The molecular formula is C13H18N2O4. The summed E-state index contributed by atoms with van der Waals surface area (Å²) in [6.07, 6.45) is 1.80. The Balaban J connectivity index is 2.06. The number of carbonyl (C=O) groups is 1. The molecule has 2 rings (SSSR count). The second-order valence-corrected chi connectivity index (χ2v) is 4.25. The average molecular weight is 266 g/mol. The summed E-state index contributed by atoms with van der Waals surface area (Å²) < 4.78 is 15.5. The molecule has 6 heteroatoms. The van der Waals surface area contributed by atoms with Crippen molar-refractivity contribution in [2.24, 2.45) is 0 Å². The van der Waals surface area contributed by atoms with Crippen molar-refractivity contribution in [1.82, 2.24) is 4.98 Å². The van der Waals surface area contributed by atoms with Crippen LogP contribution in [0.1, 0.15) is 6.42 Å². The Bertz CT molecular complexity index is 438. The molecule has 0 radical (unpaired) electrons. The van der Waals surface area contributed by atoms with E-state index in [-0.39, 0.29) is 18.5 Å². The van der Waals surface area contributed by atoms with Crippen LogP contribution in [0, 0.1) is 0 Å². The van der Waals surface area contributed by atoms with Gasteiger partial charge in [0.15, 0.2) is 11.6 Å². The highest BCUT2D eigenvalue weighted by Gasteiger charge is 2.25. The van der Waals surface area contributed by atoms with Crippen LogP contribution in [-0.4, -0.2) is 51.0 Å². The molecule has 104 valence electrons. The summed E-state index contributed by atoms with van der Waals surface area (Å²) in [7, 11) is 3.00. The number of ether oxygens (including phenoxy) is 3. The molecule has 0 aromatic carbocycles. The van der Waals surface area contributed by atoms with E-state index in [4.69, 9.17) is 9.47 Å². The standard InChI is InChI=1S/C13H18N2O4/c1-17-11-4-3-5-14-13(11)15-6-7-19-10(9-15)8-12(16)18-2/h3-5,10H,6-9H2,1-2H3. The van der Waals surface area contributed by atoms with Crippen LogP contribution in [0.4, 0.5) is 5.82 Å². The summed E-state index contributed by atoms with van der Waals surface area (Å²) in [6.45, 7) is 1.88. The van der Waals surface area contributed by atoms with Crippen molar-refractivity contribution in [3.8, 4) is 5.75 Å². The molecule has 2 heterocycles. The van der Waals surface area contributed by atoms with Crippen molar-refractivity contribution in [2.45, 2.75) is 12.5 Å². The molecule has 1 aromatic rings. The summed E-state index contributed by atoms with van der Waals surface area (Å²) in [4.78, 5) is 17.7. The fraction of sp³-hybridized carbons (Fsp3) is 0.538. The van der Waals surface area contributed by atoms with E-state index in [0.717, 1.165) is 18.1 Å². The van der Waals surface area contributed by atoms with E-state index < -0.39 is 0 Å². The van der Waals surface area contributed by atoms with E-state index in [1.165, 1.54) is 7.11 Å². The quantitative estimate of drug-likeness (QED) is 0.753. The minimum Gasteiger partial charge on any atom is -0.493 e. The monoisotopic (exact) mass is 266 g/mol. The Morgan fingerprint density at radius 2 is 2.42 bits per heavy atom. The molecule has 0 bridgehead atoms. The molecule has 1 aliphatic rings. The number of pyridine rings is 1. The van der Waals surface area contributed by atoms with Crippen LogP contribution in [0.25, 0.3) is 0 Å². The van der Waals surface area contributed by atoms with Crippen molar-refractivity contribution in [2.75, 3.05) is 38.8 Å². The number of nitrogens with zero attached hydrogens (tertiary/aromatic N) is 2. The van der Waals surface area contributed by atoms with E-state index in [1.807, 2.05) is 12.1 Å². The molecule has 1 saturated heterocycles. The van der Waals surface area contributed by atoms with Gasteiger partial charge in [-0.1, -0.05) is 0 Å². The normalized spacial score (nSPS) is 19.1. The van der Waals surface area contributed by atoms with Crippen molar-refractivity contribution in [3.05, 3.63) is 18.3 Å². The van der Waals surface area contributed by atoms with Gasteiger partial charge in [-0.3, -0.25) is 4.79 Å². The van der Waals surface area contributed by atoms with Gasteiger partial charge in [0.25, 0.3) is 0 Å². The Labute approximate surface area is 112 Å². The fourth-order valence-corrected chi connectivity index (χ4v) is 2.08. The molecule has 0 amide bonds. The highest BCUT2D eigenvalue weighted by molar-refractivity contribution is 5.70. The molecule has 1 unspecified atom stereocenters. The van der Waals surface area contributed by atoms with Gasteiger partial charge in [0.2, 0.25) is 0 Å². The first-order valence-corrected chi connectivity index (χ1v) is 6.17. The topological polar surface area (TPSA) is 60.9 Å². The molecular weight excluding hydrogens is 248 g/mol.